The second-order valence-electron chi connectivity index (χ2n) is 5.91. The highest BCUT2D eigenvalue weighted by atomic mass is 127. The Hall–Kier alpha value is -1.88. The molecule has 1 atom stereocenters. The lowest BCUT2D eigenvalue weighted by Crippen LogP contribution is -2.43. The molecule has 1 heterocycles. The van der Waals surface area contributed by atoms with Crippen molar-refractivity contribution < 1.29 is 14.3 Å². The van der Waals surface area contributed by atoms with E-state index in [1.807, 2.05) is 25.1 Å². The van der Waals surface area contributed by atoms with E-state index in [4.69, 9.17) is 4.74 Å². The molecule has 0 spiro atoms. The molecule has 8 nitrogen and oxygen atoms in total. The lowest BCUT2D eigenvalue weighted by atomic mass is 10.1. The minimum Gasteiger partial charge on any atom is -0.374 e. The number of guanidine groups is 1. The predicted molar refractivity (Wildman–Crippen MR) is 115 cm³/mol. The minimum absolute atomic E-state index is 0. The number of imide groups is 1. The Balaban J connectivity index is 0.00000364. The summed E-state index contributed by atoms with van der Waals surface area (Å²) >= 11 is 0. The SMILES string of the molecule is CN=C(NCCCOC(C)c1ccccc1)NCCN1C(=O)CNC1=O.I. The van der Waals surface area contributed by atoms with Crippen molar-refractivity contribution in [2.75, 3.05) is 39.8 Å². The summed E-state index contributed by atoms with van der Waals surface area (Å²) in [5.74, 6) is 0.428. The largest absolute Gasteiger partial charge is 0.374 e. The normalized spacial score (nSPS) is 15.2. The average Bonchev–Trinajstić information content (AvgIpc) is 2.98. The smallest absolute Gasteiger partial charge is 0.324 e. The second-order valence-corrected chi connectivity index (χ2v) is 5.91. The van der Waals surface area contributed by atoms with Gasteiger partial charge in [-0.3, -0.25) is 14.7 Å². The molecule has 27 heavy (non-hydrogen) atoms. The molecule has 1 saturated heterocycles. The Kier molecular flexibility index (Phi) is 10.7. The van der Waals surface area contributed by atoms with Crippen LogP contribution >= 0.6 is 24.0 Å². The van der Waals surface area contributed by atoms with Gasteiger partial charge in [0.25, 0.3) is 0 Å². The van der Waals surface area contributed by atoms with Crippen LogP contribution in [-0.2, 0) is 9.53 Å². The van der Waals surface area contributed by atoms with Gasteiger partial charge in [0.15, 0.2) is 5.96 Å². The van der Waals surface area contributed by atoms with Gasteiger partial charge in [-0.15, -0.1) is 24.0 Å². The van der Waals surface area contributed by atoms with Gasteiger partial charge in [0.2, 0.25) is 5.91 Å². The van der Waals surface area contributed by atoms with Gasteiger partial charge in [0.1, 0.15) is 0 Å². The maximum atomic E-state index is 11.5. The van der Waals surface area contributed by atoms with Gasteiger partial charge in [-0.2, -0.15) is 0 Å². The van der Waals surface area contributed by atoms with E-state index < -0.39 is 0 Å². The zero-order valence-electron chi connectivity index (χ0n) is 15.7. The summed E-state index contributed by atoms with van der Waals surface area (Å²) < 4.78 is 5.83. The molecule has 1 aliphatic heterocycles. The summed E-state index contributed by atoms with van der Waals surface area (Å²) in [5.41, 5.74) is 1.17. The van der Waals surface area contributed by atoms with E-state index in [9.17, 15) is 9.59 Å². The van der Waals surface area contributed by atoms with Gasteiger partial charge < -0.3 is 20.7 Å². The topological polar surface area (TPSA) is 95.1 Å². The molecular weight excluding hydrogens is 461 g/mol. The summed E-state index contributed by atoms with van der Waals surface area (Å²) in [6.07, 6.45) is 0.906. The molecule has 1 aromatic carbocycles. The van der Waals surface area contributed by atoms with Crippen molar-refractivity contribution in [1.29, 1.82) is 0 Å². The molecule has 9 heteroatoms. The molecule has 1 unspecified atom stereocenters. The van der Waals surface area contributed by atoms with Gasteiger partial charge in [0, 0.05) is 33.3 Å². The molecule has 0 saturated carbocycles. The third-order valence-electron chi connectivity index (χ3n) is 4.04. The number of halogens is 1. The van der Waals surface area contributed by atoms with Crippen molar-refractivity contribution in [2.45, 2.75) is 19.4 Å². The molecule has 0 radical (unpaired) electrons. The monoisotopic (exact) mass is 489 g/mol. The maximum absolute atomic E-state index is 11.5. The van der Waals surface area contributed by atoms with E-state index in [1.54, 1.807) is 7.05 Å². The molecule has 0 aliphatic carbocycles. The zero-order chi connectivity index (χ0) is 18.8. The number of urea groups is 1. The number of ether oxygens (including phenoxy) is 1. The lowest BCUT2D eigenvalue weighted by Gasteiger charge is -2.16. The van der Waals surface area contributed by atoms with Gasteiger partial charge in [-0.1, -0.05) is 30.3 Å². The van der Waals surface area contributed by atoms with Gasteiger partial charge in [-0.25, -0.2) is 4.79 Å². The summed E-state index contributed by atoms with van der Waals surface area (Å²) in [7, 11) is 1.68. The van der Waals surface area contributed by atoms with Crippen LogP contribution in [-0.4, -0.2) is 62.6 Å². The van der Waals surface area contributed by atoms with E-state index in [-0.39, 0.29) is 48.6 Å². The number of amides is 3. The third kappa shape index (κ3) is 7.71. The van der Waals surface area contributed by atoms with Crippen LogP contribution in [0.15, 0.2) is 35.3 Å². The maximum Gasteiger partial charge on any atom is 0.324 e. The highest BCUT2D eigenvalue weighted by molar-refractivity contribution is 14.0. The Morgan fingerprint density at radius 1 is 1.26 bits per heavy atom. The number of aliphatic imine (C=N–C) groups is 1. The first-order valence-electron chi connectivity index (χ1n) is 8.81. The van der Waals surface area contributed by atoms with E-state index in [1.165, 1.54) is 10.5 Å². The second kappa shape index (κ2) is 12.5. The Morgan fingerprint density at radius 3 is 2.59 bits per heavy atom. The Bertz CT molecular complexity index is 611. The van der Waals surface area contributed by atoms with Crippen LogP contribution in [0.3, 0.4) is 0 Å². The van der Waals surface area contributed by atoms with Crippen molar-refractivity contribution in [1.82, 2.24) is 20.9 Å². The highest BCUT2D eigenvalue weighted by Gasteiger charge is 2.27. The minimum atomic E-state index is -0.343. The molecule has 0 aromatic heterocycles. The molecule has 1 aromatic rings. The fourth-order valence-electron chi connectivity index (χ4n) is 2.55. The van der Waals surface area contributed by atoms with Crippen LogP contribution in [0, 0.1) is 0 Å². The zero-order valence-corrected chi connectivity index (χ0v) is 18.1. The summed E-state index contributed by atoms with van der Waals surface area (Å²) in [6, 6.07) is 9.77. The summed E-state index contributed by atoms with van der Waals surface area (Å²) in [6.45, 7) is 4.22. The first-order chi connectivity index (χ1) is 12.6. The van der Waals surface area contributed by atoms with Gasteiger partial charge in [-0.05, 0) is 18.9 Å². The van der Waals surface area contributed by atoms with Crippen LogP contribution in [0.25, 0.3) is 0 Å². The standard InChI is InChI=1S/C18H27N5O3.HI/c1-14(15-7-4-3-5-8-15)26-12-6-9-20-17(19-2)21-10-11-23-16(24)13-22-18(23)25;/h3-5,7-8,14H,6,9-13H2,1-2H3,(H,22,25)(H2,19,20,21);1H. The molecule has 3 amide bonds. The van der Waals surface area contributed by atoms with Crippen LogP contribution in [0.2, 0.25) is 0 Å². The number of nitrogens with one attached hydrogen (secondary N) is 3. The number of nitrogens with zero attached hydrogens (tertiary/aromatic N) is 2. The van der Waals surface area contributed by atoms with Crippen molar-refractivity contribution in [2.24, 2.45) is 4.99 Å². The van der Waals surface area contributed by atoms with E-state index in [0.29, 0.717) is 32.2 Å². The molecule has 1 aliphatic rings. The lowest BCUT2D eigenvalue weighted by molar-refractivity contribution is -0.124. The van der Waals surface area contributed by atoms with Crippen LogP contribution in [0.4, 0.5) is 4.79 Å². The van der Waals surface area contributed by atoms with E-state index in [2.05, 4.69) is 33.1 Å². The quantitative estimate of drug-likeness (QED) is 0.161. The number of rotatable bonds is 9. The number of carbonyl (C=O) groups is 2. The molecular formula is C18H28IN5O3. The Labute approximate surface area is 177 Å². The average molecular weight is 489 g/mol. The first-order valence-corrected chi connectivity index (χ1v) is 8.81. The Morgan fingerprint density at radius 2 is 1.96 bits per heavy atom. The van der Waals surface area contributed by atoms with Crippen LogP contribution in [0.5, 0.6) is 0 Å². The predicted octanol–water partition coefficient (Wildman–Crippen LogP) is 1.49. The van der Waals surface area contributed by atoms with Gasteiger partial charge >= 0.3 is 6.03 Å². The van der Waals surface area contributed by atoms with Crippen LogP contribution in [0.1, 0.15) is 25.0 Å². The van der Waals surface area contributed by atoms with Crippen molar-refractivity contribution in [3.63, 3.8) is 0 Å². The van der Waals surface area contributed by atoms with Crippen molar-refractivity contribution in [3.05, 3.63) is 35.9 Å². The highest BCUT2D eigenvalue weighted by Crippen LogP contribution is 2.15. The number of carbonyl (C=O) groups excluding carboxylic acids is 2. The fraction of sp³-hybridized carbons (Fsp3) is 0.500. The van der Waals surface area contributed by atoms with Crippen LogP contribution < -0.4 is 16.0 Å². The molecule has 0 bridgehead atoms. The fourth-order valence-corrected chi connectivity index (χ4v) is 2.55. The van der Waals surface area contributed by atoms with Crippen molar-refractivity contribution in [3.8, 4) is 0 Å². The number of benzene rings is 1. The molecule has 150 valence electrons. The summed E-state index contributed by atoms with van der Waals surface area (Å²) in [5, 5.41) is 8.76. The van der Waals surface area contributed by atoms with E-state index in [0.717, 1.165) is 6.42 Å². The summed E-state index contributed by atoms with van der Waals surface area (Å²) in [4.78, 5) is 28.2. The number of hydrogen-bond acceptors (Lipinski definition) is 4. The van der Waals surface area contributed by atoms with Gasteiger partial charge in [0.05, 0.1) is 12.6 Å². The van der Waals surface area contributed by atoms with Crippen molar-refractivity contribution >= 4 is 41.9 Å². The molecule has 1 fully saturated rings. The molecule has 2 rings (SSSR count). The first kappa shape index (κ1) is 23.2. The third-order valence-corrected chi connectivity index (χ3v) is 4.04. The van der Waals surface area contributed by atoms with E-state index >= 15 is 0 Å². The molecule has 3 N–H and O–H groups in total. The number of hydrogen-bond donors (Lipinski definition) is 3.